The lowest BCUT2D eigenvalue weighted by Gasteiger charge is -2.12. The fourth-order valence-corrected chi connectivity index (χ4v) is 1.90. The van der Waals surface area contributed by atoms with E-state index in [1.165, 1.54) is 12.4 Å². The number of nitrogens with one attached hydrogen (secondary N) is 1. The Balaban J connectivity index is 1.89. The molecule has 2 rings (SSSR count). The van der Waals surface area contributed by atoms with Gasteiger partial charge in [-0.3, -0.25) is 0 Å². The molecule has 0 unspecified atom stereocenters. The van der Waals surface area contributed by atoms with Crippen LogP contribution < -0.4 is 15.8 Å². The van der Waals surface area contributed by atoms with Crippen LogP contribution in [0.1, 0.15) is 19.3 Å². The standard InChI is InChI=1S/C10H14F2N4O/c11-10(12)17-9-5-14-8(4-15-9)16-7-2-1-6(13)3-7/h4-7,10H,1-3,13H2,(H,14,16)/t6-,7-/m0/s1. The van der Waals surface area contributed by atoms with Crippen molar-refractivity contribution in [2.75, 3.05) is 5.32 Å². The summed E-state index contributed by atoms with van der Waals surface area (Å²) >= 11 is 0. The minimum atomic E-state index is -2.88. The van der Waals surface area contributed by atoms with Crippen LogP contribution >= 0.6 is 0 Å². The number of anilines is 1. The van der Waals surface area contributed by atoms with Crippen LogP contribution in [-0.2, 0) is 0 Å². The van der Waals surface area contributed by atoms with E-state index >= 15 is 0 Å². The predicted octanol–water partition coefficient (Wildman–Crippen LogP) is 1.37. The summed E-state index contributed by atoms with van der Waals surface area (Å²) in [6, 6.07) is 0.503. The van der Waals surface area contributed by atoms with Gasteiger partial charge in [-0.1, -0.05) is 0 Å². The van der Waals surface area contributed by atoms with Gasteiger partial charge in [0.2, 0.25) is 5.88 Å². The summed E-state index contributed by atoms with van der Waals surface area (Å²) in [6.07, 6.45) is 5.40. The minimum Gasteiger partial charge on any atom is -0.415 e. The van der Waals surface area contributed by atoms with Crippen molar-refractivity contribution < 1.29 is 13.5 Å². The Hall–Kier alpha value is -1.50. The first kappa shape index (κ1) is 12.0. The monoisotopic (exact) mass is 244 g/mol. The highest BCUT2D eigenvalue weighted by Gasteiger charge is 2.21. The molecule has 1 aromatic rings. The van der Waals surface area contributed by atoms with Crippen LogP contribution in [0.15, 0.2) is 12.4 Å². The Morgan fingerprint density at radius 1 is 1.35 bits per heavy atom. The molecule has 1 saturated carbocycles. The number of rotatable bonds is 4. The Morgan fingerprint density at radius 2 is 2.18 bits per heavy atom. The fraction of sp³-hybridized carbons (Fsp3) is 0.600. The third-order valence-electron chi connectivity index (χ3n) is 2.66. The van der Waals surface area contributed by atoms with Crippen LogP contribution in [0.4, 0.5) is 14.6 Å². The number of nitrogens with two attached hydrogens (primary N) is 1. The maximum atomic E-state index is 11.9. The Labute approximate surface area is 97.4 Å². The van der Waals surface area contributed by atoms with Gasteiger partial charge >= 0.3 is 6.61 Å². The maximum absolute atomic E-state index is 11.9. The largest absolute Gasteiger partial charge is 0.415 e. The lowest BCUT2D eigenvalue weighted by molar-refractivity contribution is -0.0530. The highest BCUT2D eigenvalue weighted by atomic mass is 19.3. The minimum absolute atomic E-state index is 0.186. The van der Waals surface area contributed by atoms with E-state index in [9.17, 15) is 8.78 Å². The van der Waals surface area contributed by atoms with Crippen LogP contribution in [0.5, 0.6) is 5.88 Å². The second-order valence-corrected chi connectivity index (χ2v) is 4.03. The van der Waals surface area contributed by atoms with E-state index < -0.39 is 6.61 Å². The highest BCUT2D eigenvalue weighted by Crippen LogP contribution is 2.21. The first-order chi connectivity index (χ1) is 8.13. The zero-order chi connectivity index (χ0) is 12.3. The zero-order valence-electron chi connectivity index (χ0n) is 9.14. The molecule has 94 valence electrons. The van der Waals surface area contributed by atoms with Gasteiger partial charge in [0.25, 0.3) is 0 Å². The van der Waals surface area contributed by atoms with Crippen molar-refractivity contribution in [3.8, 4) is 5.88 Å². The molecule has 5 nitrogen and oxygen atoms in total. The number of ether oxygens (including phenoxy) is 1. The summed E-state index contributed by atoms with van der Waals surface area (Å²) in [5.41, 5.74) is 5.78. The summed E-state index contributed by atoms with van der Waals surface area (Å²) in [5.74, 6) is 0.361. The molecule has 3 N–H and O–H groups in total. The molecule has 7 heteroatoms. The van der Waals surface area contributed by atoms with Gasteiger partial charge in [0.05, 0.1) is 12.4 Å². The smallest absolute Gasteiger partial charge is 0.388 e. The highest BCUT2D eigenvalue weighted by molar-refractivity contribution is 5.33. The van der Waals surface area contributed by atoms with Crippen molar-refractivity contribution in [3.05, 3.63) is 12.4 Å². The van der Waals surface area contributed by atoms with Crippen LogP contribution in [0.25, 0.3) is 0 Å². The van der Waals surface area contributed by atoms with Crippen LogP contribution in [0.2, 0.25) is 0 Å². The van der Waals surface area contributed by atoms with Gasteiger partial charge < -0.3 is 15.8 Å². The van der Waals surface area contributed by atoms with E-state index in [4.69, 9.17) is 5.73 Å². The van der Waals surface area contributed by atoms with E-state index in [2.05, 4.69) is 20.0 Å². The van der Waals surface area contributed by atoms with E-state index in [-0.39, 0.29) is 18.0 Å². The van der Waals surface area contributed by atoms with E-state index in [1.807, 2.05) is 0 Å². The van der Waals surface area contributed by atoms with Gasteiger partial charge in [-0.15, -0.1) is 0 Å². The molecule has 0 aromatic carbocycles. The third kappa shape index (κ3) is 3.48. The summed E-state index contributed by atoms with van der Waals surface area (Å²) in [7, 11) is 0. The first-order valence-electron chi connectivity index (χ1n) is 5.42. The summed E-state index contributed by atoms with van der Waals surface area (Å²) < 4.78 is 27.8. The molecular weight excluding hydrogens is 230 g/mol. The topological polar surface area (TPSA) is 73.1 Å². The lowest BCUT2D eigenvalue weighted by atomic mass is 10.2. The van der Waals surface area contributed by atoms with Gasteiger partial charge in [0.15, 0.2) is 0 Å². The average molecular weight is 244 g/mol. The van der Waals surface area contributed by atoms with Gasteiger partial charge in [-0.25, -0.2) is 9.97 Å². The second kappa shape index (κ2) is 5.22. The van der Waals surface area contributed by atoms with Gasteiger partial charge in [-0.2, -0.15) is 8.78 Å². The first-order valence-corrected chi connectivity index (χ1v) is 5.42. The molecule has 0 radical (unpaired) electrons. The van der Waals surface area contributed by atoms with Crippen molar-refractivity contribution in [2.24, 2.45) is 5.73 Å². The molecule has 0 bridgehead atoms. The van der Waals surface area contributed by atoms with E-state index in [0.29, 0.717) is 5.82 Å². The summed E-state index contributed by atoms with van der Waals surface area (Å²) in [5, 5.41) is 3.16. The van der Waals surface area contributed by atoms with Crippen LogP contribution in [0.3, 0.4) is 0 Å². The number of halogens is 2. The molecule has 0 amide bonds. The normalized spacial score (nSPS) is 24.0. The van der Waals surface area contributed by atoms with Gasteiger partial charge in [0.1, 0.15) is 5.82 Å². The van der Waals surface area contributed by atoms with E-state index in [1.54, 1.807) is 0 Å². The number of hydrogen-bond donors (Lipinski definition) is 2. The Morgan fingerprint density at radius 3 is 2.71 bits per heavy atom. The molecule has 1 fully saturated rings. The van der Waals surface area contributed by atoms with E-state index in [0.717, 1.165) is 19.3 Å². The molecule has 0 aliphatic heterocycles. The van der Waals surface area contributed by atoms with Crippen molar-refractivity contribution in [3.63, 3.8) is 0 Å². The molecule has 0 saturated heterocycles. The van der Waals surface area contributed by atoms with Crippen LogP contribution in [-0.4, -0.2) is 28.7 Å². The molecule has 1 aromatic heterocycles. The van der Waals surface area contributed by atoms with Crippen molar-refractivity contribution in [2.45, 2.75) is 38.0 Å². The molecular formula is C10H14F2N4O. The number of aromatic nitrogens is 2. The van der Waals surface area contributed by atoms with Gasteiger partial charge in [-0.05, 0) is 19.3 Å². The number of hydrogen-bond acceptors (Lipinski definition) is 5. The quantitative estimate of drug-likeness (QED) is 0.836. The lowest BCUT2D eigenvalue weighted by Crippen LogP contribution is -2.21. The summed E-state index contributed by atoms with van der Waals surface area (Å²) in [4.78, 5) is 7.67. The molecule has 1 heterocycles. The Kier molecular flexibility index (Phi) is 3.68. The SMILES string of the molecule is N[C@H]1CC[C@H](Nc2cnc(OC(F)F)cn2)C1. The van der Waals surface area contributed by atoms with Crippen LogP contribution in [0, 0.1) is 0 Å². The molecule has 17 heavy (non-hydrogen) atoms. The van der Waals surface area contributed by atoms with Crippen molar-refractivity contribution in [1.29, 1.82) is 0 Å². The number of nitrogens with zero attached hydrogens (tertiary/aromatic N) is 2. The fourth-order valence-electron chi connectivity index (χ4n) is 1.90. The third-order valence-corrected chi connectivity index (χ3v) is 2.66. The zero-order valence-corrected chi connectivity index (χ0v) is 9.14. The predicted molar refractivity (Wildman–Crippen MR) is 57.9 cm³/mol. The summed E-state index contributed by atoms with van der Waals surface area (Å²) in [6.45, 7) is -2.88. The number of alkyl halides is 2. The molecule has 1 aliphatic carbocycles. The molecule has 0 spiro atoms. The maximum Gasteiger partial charge on any atom is 0.388 e. The van der Waals surface area contributed by atoms with Gasteiger partial charge in [0, 0.05) is 12.1 Å². The van der Waals surface area contributed by atoms with Crippen molar-refractivity contribution >= 4 is 5.82 Å². The average Bonchev–Trinajstić information content (AvgIpc) is 2.66. The Bertz CT molecular complexity index is 360. The molecule has 1 aliphatic rings. The second-order valence-electron chi connectivity index (χ2n) is 4.03. The molecule has 2 atom stereocenters. The van der Waals surface area contributed by atoms with Crippen molar-refractivity contribution in [1.82, 2.24) is 9.97 Å².